The summed E-state index contributed by atoms with van der Waals surface area (Å²) in [5.41, 5.74) is 5.31. The van der Waals surface area contributed by atoms with E-state index in [1.807, 2.05) is 62.7 Å². The number of amides is 1. The standard InChI is InChI=1S/C28H33N7O3/c1-18-16-35-17-20(15-24(37-6)26(35)30-18)31-19(2)21-7-8-23(22-9-10-29-32-25(21)22)33-11-13-34(14-12-33)27(36)38-28(3,4)5/h7-10,15-17,31H,2,11-14H2,1,3-6H3. The normalized spacial score (nSPS) is 14.1. The third-order valence-electron chi connectivity index (χ3n) is 6.41. The minimum absolute atomic E-state index is 0.272. The summed E-state index contributed by atoms with van der Waals surface area (Å²) in [4.78, 5) is 21.0. The Morgan fingerprint density at radius 3 is 2.58 bits per heavy atom. The van der Waals surface area contributed by atoms with E-state index in [4.69, 9.17) is 9.47 Å². The highest BCUT2D eigenvalue weighted by Gasteiger charge is 2.27. The highest BCUT2D eigenvalue weighted by atomic mass is 16.6. The van der Waals surface area contributed by atoms with Crippen LogP contribution in [0, 0.1) is 6.92 Å². The van der Waals surface area contributed by atoms with Gasteiger partial charge in [0.05, 0.1) is 24.7 Å². The molecule has 0 atom stereocenters. The molecular weight excluding hydrogens is 482 g/mol. The number of nitrogens with zero attached hydrogens (tertiary/aromatic N) is 6. The van der Waals surface area contributed by atoms with Gasteiger partial charge in [0, 0.05) is 67.0 Å². The first kappa shape index (κ1) is 25.3. The molecule has 1 aromatic carbocycles. The predicted octanol–water partition coefficient (Wildman–Crippen LogP) is 4.73. The van der Waals surface area contributed by atoms with Gasteiger partial charge in [-0.2, -0.15) is 5.10 Å². The molecule has 1 aliphatic heterocycles. The summed E-state index contributed by atoms with van der Waals surface area (Å²) in [6.45, 7) is 14.4. The van der Waals surface area contributed by atoms with Crippen molar-refractivity contribution in [2.75, 3.05) is 43.5 Å². The number of rotatable bonds is 5. The molecule has 198 valence electrons. The van der Waals surface area contributed by atoms with Crippen LogP contribution in [0.3, 0.4) is 0 Å². The average molecular weight is 516 g/mol. The fraction of sp³-hybridized carbons (Fsp3) is 0.357. The van der Waals surface area contributed by atoms with E-state index in [0.717, 1.165) is 39.2 Å². The van der Waals surface area contributed by atoms with Gasteiger partial charge in [-0.25, -0.2) is 9.78 Å². The first-order valence-electron chi connectivity index (χ1n) is 12.6. The number of hydrogen-bond donors (Lipinski definition) is 1. The quantitative estimate of drug-likeness (QED) is 0.407. The zero-order valence-electron chi connectivity index (χ0n) is 22.5. The second-order valence-corrected chi connectivity index (χ2v) is 10.4. The number of aromatic nitrogens is 4. The molecule has 0 spiro atoms. The Morgan fingerprint density at radius 2 is 1.87 bits per heavy atom. The molecule has 3 aromatic heterocycles. The van der Waals surface area contributed by atoms with Crippen LogP contribution in [0.1, 0.15) is 32.0 Å². The number of piperazine rings is 1. The number of benzene rings is 1. The molecule has 0 saturated carbocycles. The van der Waals surface area contributed by atoms with Gasteiger partial charge in [0.25, 0.3) is 0 Å². The topological polar surface area (TPSA) is 97.1 Å². The second-order valence-electron chi connectivity index (χ2n) is 10.4. The Balaban J connectivity index is 1.38. The van der Waals surface area contributed by atoms with Crippen molar-refractivity contribution >= 4 is 39.7 Å². The molecule has 1 saturated heterocycles. The number of methoxy groups -OCH3 is 1. The van der Waals surface area contributed by atoms with E-state index in [1.54, 1.807) is 18.2 Å². The first-order valence-corrected chi connectivity index (χ1v) is 12.6. The molecule has 0 bridgehead atoms. The monoisotopic (exact) mass is 515 g/mol. The molecule has 0 unspecified atom stereocenters. The molecule has 1 amide bonds. The van der Waals surface area contributed by atoms with Crippen molar-refractivity contribution in [2.24, 2.45) is 0 Å². The number of fused-ring (bicyclic) bond motifs is 2. The fourth-order valence-corrected chi connectivity index (χ4v) is 4.69. The van der Waals surface area contributed by atoms with Crippen LogP contribution in [-0.4, -0.2) is 69.5 Å². The van der Waals surface area contributed by atoms with Crippen LogP contribution < -0.4 is 15.0 Å². The van der Waals surface area contributed by atoms with Gasteiger partial charge in [0.1, 0.15) is 11.1 Å². The second kappa shape index (κ2) is 9.85. The van der Waals surface area contributed by atoms with Gasteiger partial charge in [0.15, 0.2) is 11.4 Å². The van der Waals surface area contributed by atoms with Gasteiger partial charge < -0.3 is 29.0 Å². The van der Waals surface area contributed by atoms with Crippen molar-refractivity contribution in [3.05, 3.63) is 60.7 Å². The zero-order valence-corrected chi connectivity index (χ0v) is 22.5. The number of aryl methyl sites for hydroxylation is 1. The number of anilines is 2. The van der Waals surface area contributed by atoms with Crippen LogP contribution in [0.4, 0.5) is 16.2 Å². The smallest absolute Gasteiger partial charge is 0.410 e. The van der Waals surface area contributed by atoms with Crippen LogP contribution in [0.15, 0.2) is 49.4 Å². The van der Waals surface area contributed by atoms with Gasteiger partial charge >= 0.3 is 6.09 Å². The van der Waals surface area contributed by atoms with E-state index in [2.05, 4.69) is 38.0 Å². The molecule has 4 aromatic rings. The minimum atomic E-state index is -0.510. The van der Waals surface area contributed by atoms with Crippen molar-refractivity contribution in [1.82, 2.24) is 24.5 Å². The number of carbonyl (C=O) groups excluding carboxylic acids is 1. The van der Waals surface area contributed by atoms with Gasteiger partial charge in [-0.3, -0.25) is 0 Å². The number of hydrogen-bond acceptors (Lipinski definition) is 8. The van der Waals surface area contributed by atoms with Crippen molar-refractivity contribution in [3.63, 3.8) is 0 Å². The lowest BCUT2D eigenvalue weighted by Crippen LogP contribution is -2.50. The van der Waals surface area contributed by atoms with Crippen LogP contribution in [0.25, 0.3) is 22.2 Å². The SMILES string of the molecule is C=C(Nc1cc(OC)c2nc(C)cn2c1)c1ccc(N2CCN(C(=O)OC(C)(C)C)CC2)c2ccnnc12. The van der Waals surface area contributed by atoms with E-state index >= 15 is 0 Å². The van der Waals surface area contributed by atoms with E-state index in [0.29, 0.717) is 37.6 Å². The van der Waals surface area contributed by atoms with Crippen LogP contribution in [0.5, 0.6) is 5.75 Å². The van der Waals surface area contributed by atoms with Gasteiger partial charge in [-0.05, 0) is 45.9 Å². The Hall–Kier alpha value is -4.34. The lowest BCUT2D eigenvalue weighted by Gasteiger charge is -2.37. The zero-order chi connectivity index (χ0) is 27.0. The van der Waals surface area contributed by atoms with Crippen molar-refractivity contribution in [3.8, 4) is 5.75 Å². The lowest BCUT2D eigenvalue weighted by molar-refractivity contribution is 0.0240. The van der Waals surface area contributed by atoms with Crippen LogP contribution in [0.2, 0.25) is 0 Å². The number of nitrogens with one attached hydrogen (secondary N) is 1. The van der Waals surface area contributed by atoms with Crippen LogP contribution >= 0.6 is 0 Å². The largest absolute Gasteiger partial charge is 0.493 e. The van der Waals surface area contributed by atoms with Crippen molar-refractivity contribution in [1.29, 1.82) is 0 Å². The number of carbonyl (C=O) groups is 1. The highest BCUT2D eigenvalue weighted by molar-refractivity contribution is 6.00. The Labute approximate surface area is 221 Å². The molecule has 4 heterocycles. The molecule has 1 fully saturated rings. The summed E-state index contributed by atoms with van der Waals surface area (Å²) < 4.78 is 13.0. The molecule has 0 aliphatic carbocycles. The maximum absolute atomic E-state index is 12.5. The van der Waals surface area contributed by atoms with Crippen LogP contribution in [-0.2, 0) is 4.74 Å². The Bertz CT molecular complexity index is 1510. The summed E-state index contributed by atoms with van der Waals surface area (Å²) in [7, 11) is 1.63. The molecule has 1 N–H and O–H groups in total. The Kier molecular flexibility index (Phi) is 6.56. The predicted molar refractivity (Wildman–Crippen MR) is 149 cm³/mol. The maximum Gasteiger partial charge on any atom is 0.410 e. The average Bonchev–Trinajstić information content (AvgIpc) is 3.26. The first-order chi connectivity index (χ1) is 18.1. The molecule has 1 aliphatic rings. The molecular formula is C28H33N7O3. The van der Waals surface area contributed by atoms with Gasteiger partial charge in [-0.15, -0.1) is 5.10 Å². The van der Waals surface area contributed by atoms with Gasteiger partial charge in [-0.1, -0.05) is 6.58 Å². The molecule has 10 heteroatoms. The molecule has 38 heavy (non-hydrogen) atoms. The third kappa shape index (κ3) is 5.06. The van der Waals surface area contributed by atoms with E-state index in [1.165, 1.54) is 0 Å². The summed E-state index contributed by atoms with van der Waals surface area (Å²) in [6, 6.07) is 7.97. The third-order valence-corrected chi connectivity index (χ3v) is 6.41. The van der Waals surface area contributed by atoms with E-state index in [9.17, 15) is 4.79 Å². The highest BCUT2D eigenvalue weighted by Crippen LogP contribution is 2.33. The molecule has 10 nitrogen and oxygen atoms in total. The summed E-state index contributed by atoms with van der Waals surface area (Å²) in [6.07, 6.45) is 5.33. The fourth-order valence-electron chi connectivity index (χ4n) is 4.69. The molecule has 0 radical (unpaired) electrons. The summed E-state index contributed by atoms with van der Waals surface area (Å²) in [5.74, 6) is 0.668. The van der Waals surface area contributed by atoms with Crippen molar-refractivity contribution < 1.29 is 14.3 Å². The number of imidazole rings is 1. The summed E-state index contributed by atoms with van der Waals surface area (Å²) in [5, 5.41) is 13.0. The minimum Gasteiger partial charge on any atom is -0.493 e. The van der Waals surface area contributed by atoms with Crippen molar-refractivity contribution in [2.45, 2.75) is 33.3 Å². The van der Waals surface area contributed by atoms with Gasteiger partial charge in [0.2, 0.25) is 0 Å². The van der Waals surface area contributed by atoms with E-state index < -0.39 is 5.60 Å². The maximum atomic E-state index is 12.5. The summed E-state index contributed by atoms with van der Waals surface area (Å²) >= 11 is 0. The van der Waals surface area contributed by atoms with E-state index in [-0.39, 0.29) is 6.09 Å². The number of ether oxygens (including phenoxy) is 2. The lowest BCUT2D eigenvalue weighted by atomic mass is 10.0. The number of pyridine rings is 1. The molecule has 5 rings (SSSR count). The Morgan fingerprint density at radius 1 is 1.11 bits per heavy atom.